The van der Waals surface area contributed by atoms with Gasteiger partial charge in [0.25, 0.3) is 0 Å². The van der Waals surface area contributed by atoms with Crippen molar-refractivity contribution in [3.8, 4) is 6.07 Å². The van der Waals surface area contributed by atoms with Crippen LogP contribution in [0.25, 0.3) is 0 Å². The second-order valence-electron chi connectivity index (χ2n) is 6.60. The first-order valence-corrected chi connectivity index (χ1v) is 8.75. The summed E-state index contributed by atoms with van der Waals surface area (Å²) < 4.78 is 0. The van der Waals surface area contributed by atoms with Gasteiger partial charge in [-0.05, 0) is 65.0 Å². The van der Waals surface area contributed by atoms with E-state index in [9.17, 15) is 5.26 Å². The highest BCUT2D eigenvalue weighted by atomic mass is 32.2. The third-order valence-electron chi connectivity index (χ3n) is 4.11. The number of hydrogen-bond donors (Lipinski definition) is 1. The van der Waals surface area contributed by atoms with E-state index in [1.165, 1.54) is 22.4 Å². The van der Waals surface area contributed by atoms with Crippen molar-refractivity contribution in [1.82, 2.24) is 5.32 Å². The van der Waals surface area contributed by atoms with Gasteiger partial charge in [-0.3, -0.25) is 5.32 Å². The smallest absolute Gasteiger partial charge is 0.108 e. The topological polar surface area (TPSA) is 35.8 Å². The maximum Gasteiger partial charge on any atom is 0.108 e. The van der Waals surface area contributed by atoms with Crippen LogP contribution in [-0.4, -0.2) is 16.8 Å². The molecule has 0 radical (unpaired) electrons. The predicted octanol–water partition coefficient (Wildman–Crippen LogP) is 4.60. The third-order valence-corrected chi connectivity index (χ3v) is 5.56. The Bertz CT molecular complexity index is 533. The quantitative estimate of drug-likeness (QED) is 0.883. The summed E-state index contributed by atoms with van der Waals surface area (Å²) in [7, 11) is 0. The molecular weight excluding hydrogens is 276 g/mol. The van der Waals surface area contributed by atoms with Gasteiger partial charge in [0.2, 0.25) is 0 Å². The molecule has 1 fully saturated rings. The van der Waals surface area contributed by atoms with Crippen molar-refractivity contribution < 1.29 is 0 Å². The minimum absolute atomic E-state index is 0.331. The Morgan fingerprint density at radius 3 is 2.76 bits per heavy atom. The fraction of sp³-hybridized carbons (Fsp3) is 0.611. The number of hydrogen-bond acceptors (Lipinski definition) is 3. The van der Waals surface area contributed by atoms with Crippen LogP contribution >= 0.6 is 11.8 Å². The first-order chi connectivity index (χ1) is 9.94. The van der Waals surface area contributed by atoms with Gasteiger partial charge in [-0.25, -0.2) is 0 Å². The van der Waals surface area contributed by atoms with Crippen molar-refractivity contribution in [2.75, 3.05) is 0 Å². The number of aryl methyl sites for hydroxylation is 2. The molecule has 2 nitrogen and oxygen atoms in total. The molecule has 1 aliphatic rings. The summed E-state index contributed by atoms with van der Waals surface area (Å²) in [6, 6.07) is 9.58. The number of rotatable bonds is 4. The molecule has 0 amide bonds. The fourth-order valence-corrected chi connectivity index (χ4v) is 4.66. The first-order valence-electron chi connectivity index (χ1n) is 7.87. The molecule has 0 aliphatic heterocycles. The average Bonchev–Trinajstić information content (AvgIpc) is 2.41. The van der Waals surface area contributed by atoms with Gasteiger partial charge in [-0.2, -0.15) is 5.26 Å². The van der Waals surface area contributed by atoms with Crippen molar-refractivity contribution in [1.29, 1.82) is 5.26 Å². The maximum atomic E-state index is 9.64. The molecule has 1 aromatic carbocycles. The molecule has 1 aliphatic carbocycles. The summed E-state index contributed by atoms with van der Waals surface area (Å²) in [5, 5.41) is 13.7. The Kier molecular flexibility index (Phi) is 5.35. The summed E-state index contributed by atoms with van der Waals surface area (Å²) in [5.41, 5.74) is 2.33. The molecule has 0 heterocycles. The lowest BCUT2D eigenvalue weighted by Gasteiger charge is -2.37. The van der Waals surface area contributed by atoms with Gasteiger partial charge < -0.3 is 0 Å². The Morgan fingerprint density at radius 2 is 2.14 bits per heavy atom. The SMILES string of the molecule is Cc1ccc(SC2CCCC(C#N)(NC(C)C)C2)c(C)c1. The van der Waals surface area contributed by atoms with Gasteiger partial charge >= 0.3 is 0 Å². The molecule has 0 aromatic heterocycles. The van der Waals surface area contributed by atoms with E-state index in [-0.39, 0.29) is 5.54 Å². The summed E-state index contributed by atoms with van der Waals surface area (Å²) in [6.07, 6.45) is 4.27. The van der Waals surface area contributed by atoms with Gasteiger partial charge in [0.15, 0.2) is 0 Å². The number of nitriles is 1. The van der Waals surface area contributed by atoms with Crippen LogP contribution in [0.15, 0.2) is 23.1 Å². The second kappa shape index (κ2) is 6.85. The van der Waals surface area contributed by atoms with E-state index >= 15 is 0 Å². The van der Waals surface area contributed by atoms with E-state index in [1.54, 1.807) is 0 Å². The number of nitrogens with one attached hydrogen (secondary N) is 1. The molecular formula is C18H26N2S. The Labute approximate surface area is 133 Å². The van der Waals surface area contributed by atoms with Gasteiger partial charge in [0, 0.05) is 16.2 Å². The van der Waals surface area contributed by atoms with Crippen LogP contribution in [0.5, 0.6) is 0 Å². The zero-order valence-electron chi connectivity index (χ0n) is 13.6. The molecule has 1 N–H and O–H groups in total. The Hall–Kier alpha value is -0.980. The van der Waals surface area contributed by atoms with E-state index in [0.717, 1.165) is 19.3 Å². The fourth-order valence-electron chi connectivity index (χ4n) is 3.25. The average molecular weight is 302 g/mol. The van der Waals surface area contributed by atoms with Crippen molar-refractivity contribution in [3.05, 3.63) is 29.3 Å². The zero-order valence-corrected chi connectivity index (χ0v) is 14.4. The standard InChI is InChI=1S/C18H26N2S/c1-13(2)20-18(12-19)9-5-6-16(11-18)21-17-8-7-14(3)10-15(17)4/h7-8,10,13,16,20H,5-6,9,11H2,1-4H3. The van der Waals surface area contributed by atoms with Gasteiger partial charge in [-0.1, -0.05) is 17.7 Å². The van der Waals surface area contributed by atoms with Crippen LogP contribution in [-0.2, 0) is 0 Å². The van der Waals surface area contributed by atoms with Crippen molar-refractivity contribution in [2.24, 2.45) is 0 Å². The van der Waals surface area contributed by atoms with Crippen molar-refractivity contribution in [3.63, 3.8) is 0 Å². The first kappa shape index (κ1) is 16.4. The van der Waals surface area contributed by atoms with Crippen LogP contribution in [0, 0.1) is 25.2 Å². The summed E-state index contributed by atoms with van der Waals surface area (Å²) in [5.74, 6) is 0. The van der Waals surface area contributed by atoms with Crippen LogP contribution in [0.2, 0.25) is 0 Å². The Morgan fingerprint density at radius 1 is 1.38 bits per heavy atom. The molecule has 1 aromatic rings. The lowest BCUT2D eigenvalue weighted by Crippen LogP contribution is -2.51. The van der Waals surface area contributed by atoms with Crippen molar-refractivity contribution >= 4 is 11.8 Å². The minimum Gasteiger partial charge on any atom is -0.297 e. The highest BCUT2D eigenvalue weighted by molar-refractivity contribution is 8.00. The summed E-state index contributed by atoms with van der Waals surface area (Å²) in [4.78, 5) is 1.36. The summed E-state index contributed by atoms with van der Waals surface area (Å²) >= 11 is 1.95. The van der Waals surface area contributed by atoms with Gasteiger partial charge in [-0.15, -0.1) is 11.8 Å². The monoisotopic (exact) mass is 302 g/mol. The minimum atomic E-state index is -0.331. The van der Waals surface area contributed by atoms with Crippen LogP contribution in [0.3, 0.4) is 0 Å². The third kappa shape index (κ3) is 4.25. The van der Waals surface area contributed by atoms with E-state index in [0.29, 0.717) is 11.3 Å². The molecule has 1 saturated carbocycles. The lowest BCUT2D eigenvalue weighted by molar-refractivity contribution is 0.284. The number of thioether (sulfide) groups is 1. The molecule has 114 valence electrons. The molecule has 2 atom stereocenters. The van der Waals surface area contributed by atoms with Gasteiger partial charge in [0.1, 0.15) is 5.54 Å². The van der Waals surface area contributed by atoms with Crippen LogP contribution < -0.4 is 5.32 Å². The summed E-state index contributed by atoms with van der Waals surface area (Å²) in [6.45, 7) is 8.57. The molecule has 0 saturated heterocycles. The highest BCUT2D eigenvalue weighted by Crippen LogP contribution is 2.39. The van der Waals surface area contributed by atoms with Gasteiger partial charge in [0.05, 0.1) is 6.07 Å². The van der Waals surface area contributed by atoms with E-state index in [4.69, 9.17) is 0 Å². The molecule has 3 heteroatoms. The molecule has 0 spiro atoms. The van der Waals surface area contributed by atoms with E-state index < -0.39 is 0 Å². The number of nitrogens with zero attached hydrogens (tertiary/aromatic N) is 1. The van der Waals surface area contributed by atoms with E-state index in [1.807, 2.05) is 11.8 Å². The van der Waals surface area contributed by atoms with Crippen LogP contribution in [0.1, 0.15) is 50.7 Å². The predicted molar refractivity (Wildman–Crippen MR) is 90.6 cm³/mol. The largest absolute Gasteiger partial charge is 0.297 e. The van der Waals surface area contributed by atoms with Crippen LogP contribution in [0.4, 0.5) is 0 Å². The normalized spacial score (nSPS) is 25.8. The molecule has 2 rings (SSSR count). The maximum absolute atomic E-state index is 9.64. The molecule has 0 bridgehead atoms. The lowest BCUT2D eigenvalue weighted by atomic mass is 9.82. The van der Waals surface area contributed by atoms with E-state index in [2.05, 4.69) is 57.3 Å². The zero-order chi connectivity index (χ0) is 15.5. The Balaban J connectivity index is 2.09. The van der Waals surface area contributed by atoms with Crippen molar-refractivity contribution in [2.45, 2.75) is 75.1 Å². The number of benzene rings is 1. The highest BCUT2D eigenvalue weighted by Gasteiger charge is 2.37. The molecule has 2 unspecified atom stereocenters. The second-order valence-corrected chi connectivity index (χ2v) is 7.94. The molecule has 21 heavy (non-hydrogen) atoms.